The van der Waals surface area contributed by atoms with Crippen LogP contribution in [0.3, 0.4) is 0 Å². The van der Waals surface area contributed by atoms with E-state index in [1.165, 1.54) is 10.9 Å². The first-order valence-corrected chi connectivity index (χ1v) is 8.65. The van der Waals surface area contributed by atoms with Crippen molar-refractivity contribution >= 4 is 22.8 Å². The molecular weight excluding hydrogens is 304 g/mol. The number of carboxylic acid groups (broad SMARTS) is 1. The van der Waals surface area contributed by atoms with Gasteiger partial charge in [-0.3, -0.25) is 9.59 Å². The Morgan fingerprint density at radius 1 is 1.25 bits per heavy atom. The number of piperidine rings is 1. The molecule has 1 aliphatic carbocycles. The standard InChI is InChI=1S/C19H22N2O3/c22-17(6-5-13-12-20-16-4-2-1-3-14(13)16)21-9-7-19(8-10-21)11-15(19)18(23)24/h1-4,12,15,20H,5-11H2,(H,23,24). The molecular formula is C19H22N2O3. The van der Waals surface area contributed by atoms with Crippen LogP contribution in [0.2, 0.25) is 0 Å². The summed E-state index contributed by atoms with van der Waals surface area (Å²) >= 11 is 0. The molecule has 1 unspecified atom stereocenters. The zero-order valence-electron chi connectivity index (χ0n) is 13.6. The first-order chi connectivity index (χ1) is 11.6. The normalized spacial score (nSPS) is 22.0. The Hall–Kier alpha value is -2.30. The van der Waals surface area contributed by atoms with Gasteiger partial charge in [0.15, 0.2) is 0 Å². The fraction of sp³-hybridized carbons (Fsp3) is 0.474. The molecule has 1 aromatic carbocycles. The molecule has 0 radical (unpaired) electrons. The second kappa shape index (κ2) is 5.65. The van der Waals surface area contributed by atoms with E-state index in [2.05, 4.69) is 11.1 Å². The van der Waals surface area contributed by atoms with Gasteiger partial charge in [-0.25, -0.2) is 0 Å². The number of aliphatic carboxylic acids is 1. The average Bonchev–Trinajstić information content (AvgIpc) is 3.14. The SMILES string of the molecule is O=C(O)C1CC12CCN(C(=O)CCc1c[nH]c3ccccc13)CC2. The molecule has 1 saturated carbocycles. The predicted molar refractivity (Wildman–Crippen MR) is 90.6 cm³/mol. The van der Waals surface area contributed by atoms with Crippen molar-refractivity contribution in [3.8, 4) is 0 Å². The summed E-state index contributed by atoms with van der Waals surface area (Å²) in [7, 11) is 0. The third kappa shape index (κ3) is 2.58. The first-order valence-electron chi connectivity index (χ1n) is 8.65. The van der Waals surface area contributed by atoms with Gasteiger partial charge in [-0.1, -0.05) is 18.2 Å². The second-order valence-electron chi connectivity index (χ2n) is 7.20. The summed E-state index contributed by atoms with van der Waals surface area (Å²) in [6.45, 7) is 1.41. The van der Waals surface area contributed by atoms with Crippen LogP contribution >= 0.6 is 0 Å². The lowest BCUT2D eigenvalue weighted by Crippen LogP contribution is -2.40. The Labute approximate surface area is 140 Å². The number of aromatic amines is 1. The number of carbonyl (C=O) groups is 2. The first kappa shape index (κ1) is 15.2. The van der Waals surface area contributed by atoms with E-state index in [0.29, 0.717) is 19.5 Å². The van der Waals surface area contributed by atoms with Crippen molar-refractivity contribution < 1.29 is 14.7 Å². The van der Waals surface area contributed by atoms with E-state index < -0.39 is 5.97 Å². The minimum absolute atomic E-state index is 0.0144. The number of hydrogen-bond acceptors (Lipinski definition) is 2. The maximum atomic E-state index is 12.5. The van der Waals surface area contributed by atoms with Crippen molar-refractivity contribution in [3.63, 3.8) is 0 Å². The molecule has 1 spiro atoms. The molecule has 126 valence electrons. The number of para-hydroxylation sites is 1. The Bertz CT molecular complexity index is 787. The largest absolute Gasteiger partial charge is 0.481 e. The van der Waals surface area contributed by atoms with Crippen molar-refractivity contribution in [1.82, 2.24) is 9.88 Å². The third-order valence-corrected chi connectivity index (χ3v) is 5.88. The zero-order chi connectivity index (χ0) is 16.7. The Balaban J connectivity index is 1.32. The number of aromatic nitrogens is 1. The highest BCUT2D eigenvalue weighted by atomic mass is 16.4. The number of benzene rings is 1. The molecule has 1 aliphatic heterocycles. The number of rotatable bonds is 4. The topological polar surface area (TPSA) is 73.4 Å². The van der Waals surface area contributed by atoms with Crippen molar-refractivity contribution in [2.24, 2.45) is 11.3 Å². The summed E-state index contributed by atoms with van der Waals surface area (Å²) in [5.41, 5.74) is 2.27. The van der Waals surface area contributed by atoms with Crippen LogP contribution in [0.1, 0.15) is 31.2 Å². The lowest BCUT2D eigenvalue weighted by Gasteiger charge is -2.32. The minimum atomic E-state index is -0.672. The van der Waals surface area contributed by atoms with E-state index in [-0.39, 0.29) is 17.2 Å². The number of H-pyrrole nitrogens is 1. The number of hydrogen-bond donors (Lipinski definition) is 2. The van der Waals surface area contributed by atoms with E-state index >= 15 is 0 Å². The molecule has 2 fully saturated rings. The van der Waals surface area contributed by atoms with Crippen molar-refractivity contribution in [3.05, 3.63) is 36.0 Å². The molecule has 2 N–H and O–H groups in total. The average molecular weight is 326 g/mol. The van der Waals surface area contributed by atoms with Gasteiger partial charge in [0.2, 0.25) is 5.91 Å². The van der Waals surface area contributed by atoms with Gasteiger partial charge in [-0.05, 0) is 42.7 Å². The van der Waals surface area contributed by atoms with E-state index in [1.54, 1.807) is 0 Å². The number of carboxylic acids is 1. The quantitative estimate of drug-likeness (QED) is 0.907. The van der Waals surface area contributed by atoms with Crippen molar-refractivity contribution in [2.45, 2.75) is 32.1 Å². The smallest absolute Gasteiger partial charge is 0.307 e. The number of carbonyl (C=O) groups excluding carboxylic acids is 1. The molecule has 0 bridgehead atoms. The number of nitrogens with one attached hydrogen (secondary N) is 1. The molecule has 2 heterocycles. The van der Waals surface area contributed by atoms with E-state index in [9.17, 15) is 9.59 Å². The summed E-state index contributed by atoms with van der Waals surface area (Å²) in [6.07, 6.45) is 5.70. The maximum Gasteiger partial charge on any atom is 0.307 e. The summed E-state index contributed by atoms with van der Waals surface area (Å²) in [6, 6.07) is 8.13. The van der Waals surface area contributed by atoms with Crippen LogP contribution in [0.5, 0.6) is 0 Å². The van der Waals surface area contributed by atoms with Gasteiger partial charge in [0.05, 0.1) is 5.92 Å². The minimum Gasteiger partial charge on any atom is -0.481 e. The number of amides is 1. The monoisotopic (exact) mass is 326 g/mol. The van der Waals surface area contributed by atoms with Crippen LogP contribution < -0.4 is 0 Å². The number of nitrogens with zero attached hydrogens (tertiary/aromatic N) is 1. The van der Waals surface area contributed by atoms with Gasteiger partial charge in [0.25, 0.3) is 0 Å². The Morgan fingerprint density at radius 3 is 2.71 bits per heavy atom. The van der Waals surface area contributed by atoms with E-state index in [0.717, 1.165) is 31.2 Å². The van der Waals surface area contributed by atoms with Gasteiger partial charge in [-0.15, -0.1) is 0 Å². The molecule has 1 saturated heterocycles. The van der Waals surface area contributed by atoms with Crippen LogP contribution in [0.4, 0.5) is 0 Å². The summed E-state index contributed by atoms with van der Waals surface area (Å²) in [5, 5.41) is 10.3. The second-order valence-corrected chi connectivity index (χ2v) is 7.20. The molecule has 4 rings (SSSR count). The molecule has 24 heavy (non-hydrogen) atoms. The molecule has 2 aliphatic rings. The van der Waals surface area contributed by atoms with E-state index in [4.69, 9.17) is 5.11 Å². The molecule has 1 amide bonds. The highest BCUT2D eigenvalue weighted by molar-refractivity contribution is 5.84. The van der Waals surface area contributed by atoms with Crippen LogP contribution in [0.15, 0.2) is 30.5 Å². The Kier molecular flexibility index (Phi) is 3.59. The van der Waals surface area contributed by atoms with Crippen LogP contribution in [0.25, 0.3) is 10.9 Å². The fourth-order valence-corrected chi connectivity index (χ4v) is 4.19. The summed E-state index contributed by atoms with van der Waals surface area (Å²) in [4.78, 5) is 28.7. The molecule has 5 heteroatoms. The van der Waals surface area contributed by atoms with Gasteiger partial charge in [0.1, 0.15) is 0 Å². The summed E-state index contributed by atoms with van der Waals surface area (Å²) in [5.74, 6) is -0.669. The third-order valence-electron chi connectivity index (χ3n) is 5.88. The van der Waals surface area contributed by atoms with Crippen LogP contribution in [-0.4, -0.2) is 40.0 Å². The fourth-order valence-electron chi connectivity index (χ4n) is 4.19. The number of fused-ring (bicyclic) bond motifs is 1. The van der Waals surface area contributed by atoms with Gasteiger partial charge >= 0.3 is 5.97 Å². The molecule has 5 nitrogen and oxygen atoms in total. The highest BCUT2D eigenvalue weighted by Crippen LogP contribution is 2.59. The summed E-state index contributed by atoms with van der Waals surface area (Å²) < 4.78 is 0. The molecule has 1 atom stereocenters. The van der Waals surface area contributed by atoms with Gasteiger partial charge in [0, 0.05) is 36.6 Å². The van der Waals surface area contributed by atoms with Crippen LogP contribution in [-0.2, 0) is 16.0 Å². The molecule has 1 aromatic heterocycles. The molecule has 2 aromatic rings. The number of likely N-dealkylation sites (tertiary alicyclic amines) is 1. The zero-order valence-corrected chi connectivity index (χ0v) is 13.6. The number of aryl methyl sites for hydroxylation is 1. The predicted octanol–water partition coefficient (Wildman–Crippen LogP) is 2.81. The van der Waals surface area contributed by atoms with Crippen LogP contribution in [0, 0.1) is 11.3 Å². The van der Waals surface area contributed by atoms with Crippen molar-refractivity contribution in [2.75, 3.05) is 13.1 Å². The van der Waals surface area contributed by atoms with Crippen molar-refractivity contribution in [1.29, 1.82) is 0 Å². The highest BCUT2D eigenvalue weighted by Gasteiger charge is 2.59. The van der Waals surface area contributed by atoms with E-state index in [1.807, 2.05) is 29.3 Å². The maximum absolute atomic E-state index is 12.5. The van der Waals surface area contributed by atoms with Gasteiger partial charge < -0.3 is 15.0 Å². The van der Waals surface area contributed by atoms with Gasteiger partial charge in [-0.2, -0.15) is 0 Å². The lowest BCUT2D eigenvalue weighted by atomic mass is 9.90. The Morgan fingerprint density at radius 2 is 2.00 bits per heavy atom. The lowest BCUT2D eigenvalue weighted by molar-refractivity contribution is -0.139.